The molecule has 1 aromatic rings. The number of nitrogens with one attached hydrogen (secondary N) is 1. The van der Waals surface area contributed by atoms with E-state index in [0.717, 1.165) is 24.5 Å². The number of hydrogen-bond donors (Lipinski definition) is 2. The third kappa shape index (κ3) is 2.97. The van der Waals surface area contributed by atoms with Gasteiger partial charge < -0.3 is 15.3 Å². The summed E-state index contributed by atoms with van der Waals surface area (Å²) in [6.07, 6.45) is 3.67. The molecule has 1 aliphatic rings. The molecule has 1 aliphatic heterocycles. The lowest BCUT2D eigenvalue weighted by Crippen LogP contribution is -2.30. The number of rotatable bonds is 3. The van der Waals surface area contributed by atoms with Crippen molar-refractivity contribution in [1.29, 1.82) is 0 Å². The minimum atomic E-state index is -0.478. The highest BCUT2D eigenvalue weighted by Crippen LogP contribution is 2.27. The second kappa shape index (κ2) is 5.68. The molecule has 1 aromatic carbocycles. The summed E-state index contributed by atoms with van der Waals surface area (Å²) in [5.74, 6) is -0.366. The number of amides is 1. The Morgan fingerprint density at radius 2 is 1.94 bits per heavy atom. The van der Waals surface area contributed by atoms with E-state index in [1.165, 1.54) is 19.3 Å². The lowest BCUT2D eigenvalue weighted by molar-refractivity contribution is -0.118. The molecule has 1 fully saturated rings. The molecule has 0 aromatic heterocycles. The first-order valence-corrected chi connectivity index (χ1v) is 6.06. The Balaban J connectivity index is 2.17. The normalized spacial score (nSPS) is 15.7. The number of anilines is 2. The molecule has 2 N–H and O–H groups in total. The van der Waals surface area contributed by atoms with Gasteiger partial charge in [0.05, 0.1) is 11.4 Å². The number of aliphatic hydroxyl groups is 1. The summed E-state index contributed by atoms with van der Waals surface area (Å²) in [6, 6.07) is 7.74. The van der Waals surface area contributed by atoms with Crippen LogP contribution in [0.3, 0.4) is 0 Å². The van der Waals surface area contributed by atoms with E-state index in [4.69, 9.17) is 5.11 Å². The van der Waals surface area contributed by atoms with Crippen LogP contribution in [-0.2, 0) is 4.79 Å². The van der Waals surface area contributed by atoms with E-state index in [9.17, 15) is 4.79 Å². The fourth-order valence-corrected chi connectivity index (χ4v) is 2.18. The summed E-state index contributed by atoms with van der Waals surface area (Å²) >= 11 is 0. The monoisotopic (exact) mass is 234 g/mol. The molecule has 0 spiro atoms. The van der Waals surface area contributed by atoms with Crippen molar-refractivity contribution in [3.63, 3.8) is 0 Å². The summed E-state index contributed by atoms with van der Waals surface area (Å²) in [7, 11) is 0. The maximum absolute atomic E-state index is 11.2. The quantitative estimate of drug-likeness (QED) is 0.835. The number of carbonyl (C=O) groups is 1. The molecule has 0 bridgehead atoms. The predicted molar refractivity (Wildman–Crippen MR) is 68.2 cm³/mol. The molecule has 0 radical (unpaired) electrons. The number of carbonyl (C=O) groups excluding carboxylic acids is 1. The van der Waals surface area contributed by atoms with Gasteiger partial charge in [0, 0.05) is 13.1 Å². The van der Waals surface area contributed by atoms with E-state index < -0.39 is 6.61 Å². The van der Waals surface area contributed by atoms with E-state index in [0.29, 0.717) is 0 Å². The number of hydrogen-bond acceptors (Lipinski definition) is 3. The van der Waals surface area contributed by atoms with E-state index in [2.05, 4.69) is 10.2 Å². The third-order valence-electron chi connectivity index (χ3n) is 3.02. The molecule has 4 nitrogen and oxygen atoms in total. The largest absolute Gasteiger partial charge is 0.387 e. The van der Waals surface area contributed by atoms with Crippen LogP contribution in [0.2, 0.25) is 0 Å². The molecule has 0 atom stereocenters. The second-order valence-electron chi connectivity index (χ2n) is 4.27. The van der Waals surface area contributed by atoms with Crippen LogP contribution >= 0.6 is 0 Å². The predicted octanol–water partition coefficient (Wildman–Crippen LogP) is 1.61. The average molecular weight is 234 g/mol. The van der Waals surface area contributed by atoms with Gasteiger partial charge in [0.15, 0.2) is 0 Å². The highest BCUT2D eigenvalue weighted by Gasteiger charge is 2.14. The second-order valence-corrected chi connectivity index (χ2v) is 4.27. The third-order valence-corrected chi connectivity index (χ3v) is 3.02. The number of para-hydroxylation sites is 2. The Labute approximate surface area is 101 Å². The number of nitrogens with zero attached hydrogens (tertiary/aromatic N) is 1. The molecule has 1 saturated heterocycles. The van der Waals surface area contributed by atoms with Gasteiger partial charge in [0.25, 0.3) is 0 Å². The van der Waals surface area contributed by atoms with Crippen molar-refractivity contribution < 1.29 is 9.90 Å². The minimum absolute atomic E-state index is 0.366. The van der Waals surface area contributed by atoms with Gasteiger partial charge in [-0.3, -0.25) is 4.79 Å². The van der Waals surface area contributed by atoms with Crippen molar-refractivity contribution >= 4 is 17.3 Å². The number of benzene rings is 1. The topological polar surface area (TPSA) is 52.6 Å². The van der Waals surface area contributed by atoms with Crippen LogP contribution < -0.4 is 10.2 Å². The average Bonchev–Trinajstić information content (AvgIpc) is 2.40. The summed E-state index contributed by atoms with van der Waals surface area (Å²) in [5.41, 5.74) is 1.84. The van der Waals surface area contributed by atoms with Crippen LogP contribution in [-0.4, -0.2) is 30.7 Å². The molecular weight excluding hydrogens is 216 g/mol. The van der Waals surface area contributed by atoms with Gasteiger partial charge in [0.1, 0.15) is 6.61 Å². The van der Waals surface area contributed by atoms with Gasteiger partial charge in [-0.15, -0.1) is 0 Å². The lowest BCUT2D eigenvalue weighted by atomic mass is 10.1. The Morgan fingerprint density at radius 1 is 1.24 bits per heavy atom. The molecule has 1 amide bonds. The van der Waals surface area contributed by atoms with Crippen LogP contribution in [0.4, 0.5) is 11.4 Å². The molecule has 0 saturated carbocycles. The van der Waals surface area contributed by atoms with Gasteiger partial charge in [0.2, 0.25) is 5.91 Å². The van der Waals surface area contributed by atoms with E-state index >= 15 is 0 Å². The molecule has 0 aliphatic carbocycles. The molecule has 4 heteroatoms. The van der Waals surface area contributed by atoms with Crippen molar-refractivity contribution in [1.82, 2.24) is 0 Å². The highest BCUT2D eigenvalue weighted by molar-refractivity contribution is 5.95. The van der Waals surface area contributed by atoms with E-state index in [1.807, 2.05) is 24.3 Å². The van der Waals surface area contributed by atoms with Crippen LogP contribution in [0.25, 0.3) is 0 Å². The Hall–Kier alpha value is -1.55. The van der Waals surface area contributed by atoms with Crippen LogP contribution in [0.1, 0.15) is 19.3 Å². The molecule has 0 unspecified atom stereocenters. The highest BCUT2D eigenvalue weighted by atomic mass is 16.3. The molecular formula is C13H18N2O2. The molecule has 92 valence electrons. The van der Waals surface area contributed by atoms with Gasteiger partial charge >= 0.3 is 0 Å². The van der Waals surface area contributed by atoms with Crippen LogP contribution in [0.15, 0.2) is 24.3 Å². The molecule has 17 heavy (non-hydrogen) atoms. The zero-order valence-electron chi connectivity index (χ0n) is 9.85. The van der Waals surface area contributed by atoms with Crippen LogP contribution in [0.5, 0.6) is 0 Å². The van der Waals surface area contributed by atoms with Crippen molar-refractivity contribution in [3.8, 4) is 0 Å². The number of aliphatic hydroxyl groups excluding tert-OH is 1. The molecule has 2 rings (SSSR count). The summed E-state index contributed by atoms with van der Waals surface area (Å²) < 4.78 is 0. The first-order chi connectivity index (χ1) is 8.31. The zero-order chi connectivity index (χ0) is 12.1. The fourth-order valence-electron chi connectivity index (χ4n) is 2.18. The van der Waals surface area contributed by atoms with E-state index in [1.54, 1.807) is 0 Å². The van der Waals surface area contributed by atoms with E-state index in [-0.39, 0.29) is 5.91 Å². The first-order valence-electron chi connectivity index (χ1n) is 6.06. The smallest absolute Gasteiger partial charge is 0.250 e. The van der Waals surface area contributed by atoms with Gasteiger partial charge in [-0.05, 0) is 31.4 Å². The van der Waals surface area contributed by atoms with Crippen LogP contribution in [0, 0.1) is 0 Å². The standard InChI is InChI=1S/C13H18N2O2/c16-10-13(17)14-11-6-2-3-7-12(11)15-8-4-1-5-9-15/h2-3,6-7,16H,1,4-5,8-10H2,(H,14,17). The summed E-state index contributed by atoms with van der Waals surface area (Å²) in [6.45, 7) is 1.59. The minimum Gasteiger partial charge on any atom is -0.387 e. The van der Waals surface area contributed by atoms with Crippen molar-refractivity contribution in [3.05, 3.63) is 24.3 Å². The fraction of sp³-hybridized carbons (Fsp3) is 0.462. The Kier molecular flexibility index (Phi) is 3.98. The summed E-state index contributed by atoms with van der Waals surface area (Å²) in [4.78, 5) is 13.5. The maximum Gasteiger partial charge on any atom is 0.250 e. The van der Waals surface area contributed by atoms with Crippen molar-refractivity contribution in [2.24, 2.45) is 0 Å². The first kappa shape index (κ1) is 11.9. The number of piperidine rings is 1. The zero-order valence-corrected chi connectivity index (χ0v) is 9.85. The van der Waals surface area contributed by atoms with Crippen molar-refractivity contribution in [2.75, 3.05) is 29.9 Å². The maximum atomic E-state index is 11.2. The SMILES string of the molecule is O=C(CO)Nc1ccccc1N1CCCCC1. The van der Waals surface area contributed by atoms with Gasteiger partial charge in [-0.2, -0.15) is 0 Å². The molecule has 1 heterocycles. The summed E-state index contributed by atoms with van der Waals surface area (Å²) in [5, 5.41) is 11.5. The Bertz CT molecular complexity index is 387. The van der Waals surface area contributed by atoms with Gasteiger partial charge in [-0.1, -0.05) is 12.1 Å². The van der Waals surface area contributed by atoms with Gasteiger partial charge in [-0.25, -0.2) is 0 Å². The van der Waals surface area contributed by atoms with Crippen molar-refractivity contribution in [2.45, 2.75) is 19.3 Å². The lowest BCUT2D eigenvalue weighted by Gasteiger charge is -2.30. The Morgan fingerprint density at radius 3 is 2.65 bits per heavy atom.